The van der Waals surface area contributed by atoms with E-state index < -0.39 is 10.0 Å². The Morgan fingerprint density at radius 2 is 2.11 bits per heavy atom. The van der Waals surface area contributed by atoms with Crippen molar-refractivity contribution in [3.63, 3.8) is 0 Å². The first-order valence-electron chi connectivity index (χ1n) is 6.19. The fourth-order valence-corrected chi connectivity index (χ4v) is 3.38. The molecule has 0 bridgehead atoms. The third-order valence-corrected chi connectivity index (χ3v) is 4.85. The molecule has 0 spiro atoms. The molecule has 0 radical (unpaired) electrons. The second-order valence-corrected chi connectivity index (χ2v) is 6.38. The molecule has 0 aliphatic carbocycles. The number of hydrogen-bond acceptors (Lipinski definition) is 6. The fraction of sp³-hybridized carbons (Fsp3) is 0.636. The van der Waals surface area contributed by atoms with Crippen LogP contribution in [0.3, 0.4) is 0 Å². The van der Waals surface area contributed by atoms with Gasteiger partial charge in [-0.15, -0.1) is 0 Å². The van der Waals surface area contributed by atoms with Gasteiger partial charge in [0.25, 0.3) is 0 Å². The summed E-state index contributed by atoms with van der Waals surface area (Å²) in [4.78, 5) is 7.87. The topological polar surface area (TPSA) is 84.4 Å². The maximum atomic E-state index is 12.0. The summed E-state index contributed by atoms with van der Waals surface area (Å²) in [6, 6.07) is 1.63. The number of hydrogen-bond donors (Lipinski definition) is 1. The van der Waals surface area contributed by atoms with Crippen LogP contribution in [0.25, 0.3) is 0 Å². The van der Waals surface area contributed by atoms with E-state index >= 15 is 0 Å². The van der Waals surface area contributed by atoms with Crippen LogP contribution in [0.4, 0.5) is 5.82 Å². The van der Waals surface area contributed by atoms with Crippen LogP contribution in [-0.2, 0) is 10.0 Å². The molecule has 8 heteroatoms. The summed E-state index contributed by atoms with van der Waals surface area (Å²) in [5.41, 5.74) is 0. The normalized spacial score (nSPS) is 16.5. The monoisotopic (exact) mass is 286 g/mol. The van der Waals surface area contributed by atoms with Crippen molar-refractivity contribution in [1.82, 2.24) is 14.3 Å². The lowest BCUT2D eigenvalue weighted by Gasteiger charge is -2.15. The highest BCUT2D eigenvalue weighted by atomic mass is 32.2. The van der Waals surface area contributed by atoms with Crippen LogP contribution in [-0.4, -0.2) is 55.2 Å². The minimum Gasteiger partial charge on any atom is -0.481 e. The van der Waals surface area contributed by atoms with Gasteiger partial charge in [0, 0.05) is 25.7 Å². The molecule has 1 saturated heterocycles. The lowest BCUT2D eigenvalue weighted by atomic mass is 10.4. The zero-order valence-corrected chi connectivity index (χ0v) is 11.7. The molecule has 2 rings (SSSR count). The first-order chi connectivity index (χ1) is 9.12. The molecule has 1 fully saturated rings. The van der Waals surface area contributed by atoms with Gasteiger partial charge in [0.2, 0.25) is 15.9 Å². The molecule has 1 aromatic heterocycles. The van der Waals surface area contributed by atoms with Gasteiger partial charge in [-0.1, -0.05) is 0 Å². The number of rotatable bonds is 6. The molecule has 0 saturated carbocycles. The molecule has 19 heavy (non-hydrogen) atoms. The molecule has 1 aromatic rings. The maximum absolute atomic E-state index is 12.0. The van der Waals surface area contributed by atoms with E-state index in [1.54, 1.807) is 10.4 Å². The van der Waals surface area contributed by atoms with E-state index in [9.17, 15) is 8.42 Å². The average molecular weight is 286 g/mol. The lowest BCUT2D eigenvalue weighted by molar-refractivity contribution is 0.397. The van der Waals surface area contributed by atoms with Crippen LogP contribution in [0.2, 0.25) is 0 Å². The second-order valence-electron chi connectivity index (χ2n) is 4.29. The van der Waals surface area contributed by atoms with E-state index in [0.29, 0.717) is 31.3 Å². The van der Waals surface area contributed by atoms with Gasteiger partial charge in [0.1, 0.15) is 12.1 Å². The molecule has 106 valence electrons. The Balaban J connectivity index is 1.85. The fourth-order valence-electron chi connectivity index (χ4n) is 1.95. The Morgan fingerprint density at radius 3 is 2.79 bits per heavy atom. The SMILES string of the molecule is COc1cc(NCCS(=O)(=O)N2CCCC2)ncn1. The van der Waals surface area contributed by atoms with Crippen molar-refractivity contribution >= 4 is 15.8 Å². The van der Waals surface area contributed by atoms with Gasteiger partial charge in [-0.3, -0.25) is 0 Å². The van der Waals surface area contributed by atoms with Gasteiger partial charge in [-0.05, 0) is 12.8 Å². The van der Waals surface area contributed by atoms with Crippen molar-refractivity contribution in [3.8, 4) is 5.88 Å². The smallest absolute Gasteiger partial charge is 0.218 e. The van der Waals surface area contributed by atoms with Crippen LogP contribution in [0.15, 0.2) is 12.4 Å². The van der Waals surface area contributed by atoms with E-state index in [-0.39, 0.29) is 5.75 Å². The van der Waals surface area contributed by atoms with Crippen molar-refractivity contribution < 1.29 is 13.2 Å². The number of anilines is 1. The molecule has 1 N–H and O–H groups in total. The van der Waals surface area contributed by atoms with Crippen LogP contribution in [0, 0.1) is 0 Å². The van der Waals surface area contributed by atoms with Crippen molar-refractivity contribution in [3.05, 3.63) is 12.4 Å². The van der Waals surface area contributed by atoms with E-state index in [1.165, 1.54) is 13.4 Å². The van der Waals surface area contributed by atoms with E-state index in [2.05, 4.69) is 15.3 Å². The molecule has 0 amide bonds. The highest BCUT2D eigenvalue weighted by Gasteiger charge is 2.24. The van der Waals surface area contributed by atoms with Crippen molar-refractivity contribution in [2.45, 2.75) is 12.8 Å². The predicted molar refractivity (Wildman–Crippen MR) is 71.7 cm³/mol. The summed E-state index contributed by atoms with van der Waals surface area (Å²) in [6.45, 7) is 1.60. The number of nitrogens with one attached hydrogen (secondary N) is 1. The summed E-state index contributed by atoms with van der Waals surface area (Å²) in [6.07, 6.45) is 3.28. The summed E-state index contributed by atoms with van der Waals surface area (Å²) >= 11 is 0. The predicted octanol–water partition coefficient (Wildman–Crippen LogP) is 0.323. The Hall–Kier alpha value is -1.41. The molecule has 2 heterocycles. The molecule has 0 unspecified atom stereocenters. The number of aromatic nitrogens is 2. The number of nitrogens with zero attached hydrogens (tertiary/aromatic N) is 3. The first-order valence-corrected chi connectivity index (χ1v) is 7.80. The molecular weight excluding hydrogens is 268 g/mol. The van der Waals surface area contributed by atoms with Gasteiger partial charge >= 0.3 is 0 Å². The van der Waals surface area contributed by atoms with Gasteiger partial charge in [-0.2, -0.15) is 0 Å². The highest BCUT2D eigenvalue weighted by molar-refractivity contribution is 7.89. The Labute approximate surface area is 113 Å². The molecular formula is C11H18N4O3S. The van der Waals surface area contributed by atoms with E-state index in [1.807, 2.05) is 0 Å². The number of ether oxygens (including phenoxy) is 1. The van der Waals surface area contributed by atoms with Crippen LogP contribution < -0.4 is 10.1 Å². The van der Waals surface area contributed by atoms with Crippen LogP contribution in [0.1, 0.15) is 12.8 Å². The standard InChI is InChI=1S/C11H18N4O3S/c1-18-11-8-10(13-9-14-11)12-4-7-19(16,17)15-5-2-3-6-15/h8-9H,2-7H2,1H3,(H,12,13,14). The zero-order valence-electron chi connectivity index (χ0n) is 10.9. The van der Waals surface area contributed by atoms with Gasteiger partial charge in [-0.25, -0.2) is 22.7 Å². The Kier molecular flexibility index (Phi) is 4.54. The quantitative estimate of drug-likeness (QED) is 0.811. The second kappa shape index (κ2) is 6.16. The summed E-state index contributed by atoms with van der Waals surface area (Å²) in [7, 11) is -1.63. The minimum absolute atomic E-state index is 0.0688. The Bertz CT molecular complexity index is 514. The van der Waals surface area contributed by atoms with Crippen molar-refractivity contribution in [1.29, 1.82) is 0 Å². The molecule has 1 aliphatic rings. The highest BCUT2D eigenvalue weighted by Crippen LogP contribution is 2.13. The largest absolute Gasteiger partial charge is 0.481 e. The first kappa shape index (κ1) is 14.0. The molecule has 7 nitrogen and oxygen atoms in total. The lowest BCUT2D eigenvalue weighted by Crippen LogP contribution is -2.32. The Morgan fingerprint density at radius 1 is 1.37 bits per heavy atom. The average Bonchev–Trinajstić information content (AvgIpc) is 2.93. The minimum atomic E-state index is -3.15. The summed E-state index contributed by atoms with van der Waals surface area (Å²) in [5.74, 6) is 1.07. The van der Waals surface area contributed by atoms with Gasteiger partial charge in [0.05, 0.1) is 12.9 Å². The van der Waals surface area contributed by atoms with Crippen molar-refractivity contribution in [2.24, 2.45) is 0 Å². The molecule has 0 atom stereocenters. The third kappa shape index (κ3) is 3.77. The number of sulfonamides is 1. The zero-order chi connectivity index (χ0) is 13.7. The van der Waals surface area contributed by atoms with Gasteiger partial charge in [0.15, 0.2) is 0 Å². The van der Waals surface area contributed by atoms with E-state index in [0.717, 1.165) is 12.8 Å². The molecule has 1 aliphatic heterocycles. The third-order valence-electron chi connectivity index (χ3n) is 2.98. The maximum Gasteiger partial charge on any atom is 0.218 e. The molecule has 0 aromatic carbocycles. The van der Waals surface area contributed by atoms with Gasteiger partial charge < -0.3 is 10.1 Å². The van der Waals surface area contributed by atoms with Crippen molar-refractivity contribution in [2.75, 3.05) is 37.8 Å². The summed E-state index contributed by atoms with van der Waals surface area (Å²) < 4.78 is 30.5. The summed E-state index contributed by atoms with van der Waals surface area (Å²) in [5, 5.41) is 2.96. The number of methoxy groups -OCH3 is 1. The van der Waals surface area contributed by atoms with Crippen LogP contribution >= 0.6 is 0 Å². The van der Waals surface area contributed by atoms with Crippen LogP contribution in [0.5, 0.6) is 5.88 Å². The van der Waals surface area contributed by atoms with E-state index in [4.69, 9.17) is 4.74 Å².